The van der Waals surface area contributed by atoms with Gasteiger partial charge in [0.1, 0.15) is 5.75 Å². The highest BCUT2D eigenvalue weighted by atomic mass is 16.5. The minimum Gasteiger partial charge on any atom is -0.496 e. The normalized spacial score (nSPS) is 12.2. The van der Waals surface area contributed by atoms with Crippen LogP contribution < -0.4 is 10.1 Å². The Morgan fingerprint density at radius 3 is 2.35 bits per heavy atom. The van der Waals surface area contributed by atoms with Crippen LogP contribution in [0.1, 0.15) is 28.3 Å². The fourth-order valence-corrected chi connectivity index (χ4v) is 2.40. The molecule has 0 heterocycles. The van der Waals surface area contributed by atoms with Crippen LogP contribution in [0.3, 0.4) is 0 Å². The molecule has 0 spiro atoms. The van der Waals surface area contributed by atoms with Gasteiger partial charge in [-0.3, -0.25) is 0 Å². The molecular formula is C18H23NO. The van der Waals surface area contributed by atoms with Crippen molar-refractivity contribution < 1.29 is 4.74 Å². The third-order valence-electron chi connectivity index (χ3n) is 3.74. The molecule has 0 bridgehead atoms. The van der Waals surface area contributed by atoms with Gasteiger partial charge in [-0.1, -0.05) is 42.0 Å². The molecule has 2 aromatic rings. The highest BCUT2D eigenvalue weighted by Crippen LogP contribution is 2.25. The zero-order valence-electron chi connectivity index (χ0n) is 12.7. The summed E-state index contributed by atoms with van der Waals surface area (Å²) in [5.41, 5.74) is 5.07. The summed E-state index contributed by atoms with van der Waals surface area (Å²) < 4.78 is 5.42. The van der Waals surface area contributed by atoms with Crippen molar-refractivity contribution in [3.63, 3.8) is 0 Å². The molecule has 0 saturated carbocycles. The number of hydrogen-bond donors (Lipinski definition) is 1. The van der Waals surface area contributed by atoms with Gasteiger partial charge in [0.05, 0.1) is 7.11 Å². The molecule has 2 aromatic carbocycles. The van der Waals surface area contributed by atoms with E-state index in [4.69, 9.17) is 4.74 Å². The third kappa shape index (κ3) is 3.40. The van der Waals surface area contributed by atoms with Gasteiger partial charge in [-0.15, -0.1) is 0 Å². The second-order valence-corrected chi connectivity index (χ2v) is 5.26. The van der Waals surface area contributed by atoms with E-state index in [0.29, 0.717) is 6.04 Å². The van der Waals surface area contributed by atoms with Crippen LogP contribution in [0.4, 0.5) is 0 Å². The summed E-state index contributed by atoms with van der Waals surface area (Å²) in [7, 11) is 3.73. The molecule has 0 aromatic heterocycles. The van der Waals surface area contributed by atoms with Crippen LogP contribution >= 0.6 is 0 Å². The van der Waals surface area contributed by atoms with E-state index in [-0.39, 0.29) is 0 Å². The molecule has 2 heteroatoms. The molecule has 0 aliphatic carbocycles. The number of ether oxygens (including phenoxy) is 1. The number of nitrogens with one attached hydrogen (secondary N) is 1. The van der Waals surface area contributed by atoms with Gasteiger partial charge in [0.15, 0.2) is 0 Å². The molecule has 1 atom stereocenters. The van der Waals surface area contributed by atoms with Gasteiger partial charge in [0, 0.05) is 6.04 Å². The van der Waals surface area contributed by atoms with Crippen molar-refractivity contribution in [2.75, 3.05) is 14.2 Å². The molecule has 0 aliphatic heterocycles. The van der Waals surface area contributed by atoms with Crippen LogP contribution in [0.25, 0.3) is 0 Å². The number of hydrogen-bond acceptors (Lipinski definition) is 2. The summed E-state index contributed by atoms with van der Waals surface area (Å²) in [6.45, 7) is 4.18. The summed E-state index contributed by atoms with van der Waals surface area (Å²) in [6, 6.07) is 15.4. The maximum Gasteiger partial charge on any atom is 0.122 e. The van der Waals surface area contributed by atoms with Crippen LogP contribution in [0.15, 0.2) is 42.5 Å². The number of rotatable bonds is 5. The first-order valence-corrected chi connectivity index (χ1v) is 7.01. The molecule has 106 valence electrons. The Morgan fingerprint density at radius 1 is 1.05 bits per heavy atom. The Kier molecular flexibility index (Phi) is 4.80. The minimum atomic E-state index is 0.298. The third-order valence-corrected chi connectivity index (χ3v) is 3.74. The van der Waals surface area contributed by atoms with E-state index in [1.54, 1.807) is 7.11 Å². The van der Waals surface area contributed by atoms with Crippen LogP contribution in [-0.2, 0) is 6.42 Å². The molecule has 2 nitrogen and oxygen atoms in total. The largest absolute Gasteiger partial charge is 0.496 e. The first kappa shape index (κ1) is 14.6. The van der Waals surface area contributed by atoms with Crippen molar-refractivity contribution in [3.05, 3.63) is 64.7 Å². The lowest BCUT2D eigenvalue weighted by Crippen LogP contribution is -2.19. The monoisotopic (exact) mass is 269 g/mol. The topological polar surface area (TPSA) is 21.3 Å². The molecule has 20 heavy (non-hydrogen) atoms. The molecule has 0 radical (unpaired) electrons. The number of methoxy groups -OCH3 is 1. The van der Waals surface area contributed by atoms with Crippen molar-refractivity contribution >= 4 is 0 Å². The predicted octanol–water partition coefficient (Wildman–Crippen LogP) is 3.82. The lowest BCUT2D eigenvalue weighted by Gasteiger charge is -2.18. The predicted molar refractivity (Wildman–Crippen MR) is 84.4 cm³/mol. The molecule has 0 amide bonds. The average Bonchev–Trinajstić information content (AvgIpc) is 2.47. The minimum absolute atomic E-state index is 0.298. The second kappa shape index (κ2) is 6.58. The average molecular weight is 269 g/mol. The summed E-state index contributed by atoms with van der Waals surface area (Å²) in [4.78, 5) is 0. The van der Waals surface area contributed by atoms with E-state index in [1.807, 2.05) is 7.05 Å². The summed E-state index contributed by atoms with van der Waals surface area (Å²) in [6.07, 6.45) is 0.975. The second-order valence-electron chi connectivity index (χ2n) is 5.26. The van der Waals surface area contributed by atoms with Crippen LogP contribution in [-0.4, -0.2) is 14.2 Å². The molecule has 2 rings (SSSR count). The highest BCUT2D eigenvalue weighted by Gasteiger charge is 2.12. The molecule has 1 N–H and O–H groups in total. The van der Waals surface area contributed by atoms with E-state index in [9.17, 15) is 0 Å². The van der Waals surface area contributed by atoms with Gasteiger partial charge >= 0.3 is 0 Å². The quantitative estimate of drug-likeness (QED) is 0.891. The Labute approximate surface area is 121 Å². The van der Waals surface area contributed by atoms with Gasteiger partial charge in [-0.25, -0.2) is 0 Å². The maximum absolute atomic E-state index is 5.42. The molecule has 1 unspecified atom stereocenters. The molecule has 0 saturated heterocycles. The SMILES string of the molecule is CNC(Cc1ccc(C)cc1)c1ccc(C)c(OC)c1. The zero-order valence-corrected chi connectivity index (χ0v) is 12.7. The first-order chi connectivity index (χ1) is 9.63. The van der Waals surface area contributed by atoms with Crippen molar-refractivity contribution in [1.29, 1.82) is 0 Å². The zero-order chi connectivity index (χ0) is 14.5. The standard InChI is InChI=1S/C18H23NO/c1-13-5-8-15(9-6-13)11-17(19-3)16-10-7-14(2)18(12-16)20-4/h5-10,12,17,19H,11H2,1-4H3. The first-order valence-electron chi connectivity index (χ1n) is 7.01. The Hall–Kier alpha value is -1.80. The summed E-state index contributed by atoms with van der Waals surface area (Å²) in [5, 5.41) is 3.40. The van der Waals surface area contributed by atoms with E-state index >= 15 is 0 Å². The van der Waals surface area contributed by atoms with Crippen molar-refractivity contribution in [2.45, 2.75) is 26.3 Å². The smallest absolute Gasteiger partial charge is 0.122 e. The fourth-order valence-electron chi connectivity index (χ4n) is 2.40. The van der Waals surface area contributed by atoms with Gasteiger partial charge in [-0.05, 0) is 50.1 Å². The summed E-state index contributed by atoms with van der Waals surface area (Å²) >= 11 is 0. The molecule has 0 aliphatic rings. The van der Waals surface area contributed by atoms with Crippen LogP contribution in [0, 0.1) is 13.8 Å². The van der Waals surface area contributed by atoms with E-state index < -0.39 is 0 Å². The molecule has 0 fully saturated rings. The lowest BCUT2D eigenvalue weighted by molar-refractivity contribution is 0.410. The number of likely N-dealkylation sites (N-methyl/N-ethyl adjacent to an activating group) is 1. The van der Waals surface area contributed by atoms with E-state index in [1.165, 1.54) is 22.3 Å². The molecular weight excluding hydrogens is 246 g/mol. The number of benzene rings is 2. The van der Waals surface area contributed by atoms with Crippen LogP contribution in [0.2, 0.25) is 0 Å². The fraction of sp³-hybridized carbons (Fsp3) is 0.333. The van der Waals surface area contributed by atoms with Crippen molar-refractivity contribution in [1.82, 2.24) is 5.32 Å². The Morgan fingerprint density at radius 2 is 1.75 bits per heavy atom. The number of aryl methyl sites for hydroxylation is 2. The van der Waals surface area contributed by atoms with Crippen molar-refractivity contribution in [3.8, 4) is 5.75 Å². The Balaban J connectivity index is 2.21. The lowest BCUT2D eigenvalue weighted by atomic mass is 9.97. The highest BCUT2D eigenvalue weighted by molar-refractivity contribution is 5.38. The van der Waals surface area contributed by atoms with E-state index in [2.05, 4.69) is 61.6 Å². The van der Waals surface area contributed by atoms with Gasteiger partial charge in [0.2, 0.25) is 0 Å². The van der Waals surface area contributed by atoms with Gasteiger partial charge < -0.3 is 10.1 Å². The summed E-state index contributed by atoms with van der Waals surface area (Å²) in [5.74, 6) is 0.951. The van der Waals surface area contributed by atoms with Gasteiger partial charge in [-0.2, -0.15) is 0 Å². The van der Waals surface area contributed by atoms with Crippen molar-refractivity contribution in [2.24, 2.45) is 0 Å². The van der Waals surface area contributed by atoms with Gasteiger partial charge in [0.25, 0.3) is 0 Å². The van der Waals surface area contributed by atoms with Crippen LogP contribution in [0.5, 0.6) is 5.75 Å². The maximum atomic E-state index is 5.42. The Bertz CT molecular complexity index is 560. The van der Waals surface area contributed by atoms with E-state index in [0.717, 1.165) is 12.2 Å².